The van der Waals surface area contributed by atoms with Crippen molar-refractivity contribution >= 4 is 21.8 Å². The molecule has 0 bridgehead atoms. The van der Waals surface area contributed by atoms with Crippen molar-refractivity contribution in [2.75, 3.05) is 26.3 Å². The molecule has 2 aromatic heterocycles. The molecule has 1 saturated heterocycles. The van der Waals surface area contributed by atoms with Gasteiger partial charge in [-0.25, -0.2) is 13.4 Å². The standard InChI is InChI=1S/C16H22N4O4S2/c1-2-3-4-14-18-15(24-19-14)12-25-16-6-5-13(11-17-16)26(21,22)20-7-9-23-10-8-20/h5-6,11H,2-4,7-10,12H2,1H3. The molecule has 2 aromatic rings. The molecular weight excluding hydrogens is 376 g/mol. The van der Waals surface area contributed by atoms with Gasteiger partial charge < -0.3 is 9.26 Å². The summed E-state index contributed by atoms with van der Waals surface area (Å²) in [6.07, 6.45) is 4.33. The lowest BCUT2D eigenvalue weighted by Gasteiger charge is -2.25. The van der Waals surface area contributed by atoms with Crippen LogP contribution in [0, 0.1) is 0 Å². The number of thioether (sulfide) groups is 1. The Morgan fingerprint density at radius 1 is 1.27 bits per heavy atom. The maximum Gasteiger partial charge on any atom is 0.244 e. The number of sulfonamides is 1. The molecule has 3 rings (SSSR count). The third kappa shape index (κ3) is 4.81. The zero-order chi connectivity index (χ0) is 18.4. The molecule has 3 heterocycles. The van der Waals surface area contributed by atoms with Gasteiger partial charge in [0.15, 0.2) is 5.82 Å². The van der Waals surface area contributed by atoms with Gasteiger partial charge in [0.2, 0.25) is 15.9 Å². The smallest absolute Gasteiger partial charge is 0.244 e. The van der Waals surface area contributed by atoms with Crippen LogP contribution in [0.25, 0.3) is 0 Å². The number of aromatic nitrogens is 3. The normalized spacial score (nSPS) is 16.0. The summed E-state index contributed by atoms with van der Waals surface area (Å²) in [4.78, 5) is 8.78. The van der Waals surface area contributed by atoms with Gasteiger partial charge in [-0.3, -0.25) is 0 Å². The van der Waals surface area contributed by atoms with Crippen molar-refractivity contribution < 1.29 is 17.7 Å². The number of morpholine rings is 1. The second-order valence-electron chi connectivity index (χ2n) is 5.85. The quantitative estimate of drug-likeness (QED) is 0.624. The molecule has 0 spiro atoms. The van der Waals surface area contributed by atoms with Crippen LogP contribution in [0.2, 0.25) is 0 Å². The SMILES string of the molecule is CCCCc1noc(CSc2ccc(S(=O)(=O)N3CCOCC3)cn2)n1. The fourth-order valence-electron chi connectivity index (χ4n) is 2.46. The Bertz CT molecular complexity index is 802. The van der Waals surface area contributed by atoms with Crippen molar-refractivity contribution in [3.8, 4) is 0 Å². The van der Waals surface area contributed by atoms with Crippen LogP contribution in [0.15, 0.2) is 32.8 Å². The highest BCUT2D eigenvalue weighted by molar-refractivity contribution is 7.98. The number of pyridine rings is 1. The third-order valence-corrected chi connectivity index (χ3v) is 6.74. The highest BCUT2D eigenvalue weighted by Crippen LogP contribution is 2.23. The predicted octanol–water partition coefficient (Wildman–Crippen LogP) is 2.12. The fourth-order valence-corrected chi connectivity index (χ4v) is 4.50. The monoisotopic (exact) mass is 398 g/mol. The Balaban J connectivity index is 1.58. The van der Waals surface area contributed by atoms with E-state index in [1.54, 1.807) is 12.1 Å². The summed E-state index contributed by atoms with van der Waals surface area (Å²) in [5.74, 6) is 1.78. The predicted molar refractivity (Wildman–Crippen MR) is 96.3 cm³/mol. The van der Waals surface area contributed by atoms with E-state index in [0.717, 1.165) is 25.1 Å². The van der Waals surface area contributed by atoms with Gasteiger partial charge in [-0.15, -0.1) is 0 Å². The lowest BCUT2D eigenvalue weighted by atomic mass is 10.2. The topological polar surface area (TPSA) is 98.4 Å². The summed E-state index contributed by atoms with van der Waals surface area (Å²) in [5, 5.41) is 4.66. The summed E-state index contributed by atoms with van der Waals surface area (Å²) >= 11 is 1.43. The molecule has 0 amide bonds. The van der Waals surface area contributed by atoms with E-state index in [1.165, 1.54) is 22.3 Å². The molecule has 10 heteroatoms. The summed E-state index contributed by atoms with van der Waals surface area (Å²) in [6, 6.07) is 3.28. The largest absolute Gasteiger partial charge is 0.379 e. The first kappa shape index (κ1) is 19.3. The van der Waals surface area contributed by atoms with Crippen LogP contribution >= 0.6 is 11.8 Å². The molecule has 0 aliphatic carbocycles. The van der Waals surface area contributed by atoms with Gasteiger partial charge >= 0.3 is 0 Å². The van der Waals surface area contributed by atoms with Crippen molar-refractivity contribution in [2.45, 2.75) is 41.9 Å². The Hall–Kier alpha value is -1.49. The fraction of sp³-hybridized carbons (Fsp3) is 0.562. The molecule has 26 heavy (non-hydrogen) atoms. The van der Waals surface area contributed by atoms with Crippen LogP contribution in [0.4, 0.5) is 0 Å². The Labute approximate surface area is 157 Å². The summed E-state index contributed by atoms with van der Waals surface area (Å²) in [7, 11) is -3.51. The lowest BCUT2D eigenvalue weighted by molar-refractivity contribution is 0.0730. The van der Waals surface area contributed by atoms with Crippen molar-refractivity contribution in [1.29, 1.82) is 0 Å². The number of unbranched alkanes of at least 4 members (excludes halogenated alkanes) is 1. The highest BCUT2D eigenvalue weighted by atomic mass is 32.2. The molecule has 1 fully saturated rings. The van der Waals surface area contributed by atoms with E-state index in [4.69, 9.17) is 9.26 Å². The molecule has 0 N–H and O–H groups in total. The Kier molecular flexibility index (Phi) is 6.63. The average Bonchev–Trinajstić information content (AvgIpc) is 3.13. The molecule has 0 aromatic carbocycles. The van der Waals surface area contributed by atoms with Crippen molar-refractivity contribution in [2.24, 2.45) is 0 Å². The zero-order valence-electron chi connectivity index (χ0n) is 14.6. The van der Waals surface area contributed by atoms with E-state index in [-0.39, 0.29) is 4.90 Å². The minimum Gasteiger partial charge on any atom is -0.379 e. The van der Waals surface area contributed by atoms with Crippen LogP contribution in [-0.2, 0) is 26.9 Å². The second kappa shape index (κ2) is 8.94. The number of aryl methyl sites for hydroxylation is 1. The van der Waals surface area contributed by atoms with E-state index in [0.29, 0.717) is 43.0 Å². The Morgan fingerprint density at radius 2 is 2.08 bits per heavy atom. The maximum atomic E-state index is 12.6. The van der Waals surface area contributed by atoms with E-state index < -0.39 is 10.0 Å². The van der Waals surface area contributed by atoms with Gasteiger partial charge in [-0.1, -0.05) is 30.3 Å². The molecule has 1 aliphatic heterocycles. The highest BCUT2D eigenvalue weighted by Gasteiger charge is 2.26. The van der Waals surface area contributed by atoms with Crippen LogP contribution in [0.1, 0.15) is 31.5 Å². The number of ether oxygens (including phenoxy) is 1. The summed E-state index contributed by atoms with van der Waals surface area (Å²) < 4.78 is 37.0. The van der Waals surface area contributed by atoms with Crippen LogP contribution < -0.4 is 0 Å². The van der Waals surface area contributed by atoms with Gasteiger partial charge in [0.25, 0.3) is 0 Å². The minimum absolute atomic E-state index is 0.198. The van der Waals surface area contributed by atoms with E-state index in [2.05, 4.69) is 22.0 Å². The molecule has 0 radical (unpaired) electrons. The molecule has 8 nitrogen and oxygen atoms in total. The maximum absolute atomic E-state index is 12.6. The average molecular weight is 399 g/mol. The number of hydrogen-bond acceptors (Lipinski definition) is 8. The van der Waals surface area contributed by atoms with Gasteiger partial charge in [-0.2, -0.15) is 9.29 Å². The zero-order valence-corrected chi connectivity index (χ0v) is 16.3. The number of hydrogen-bond donors (Lipinski definition) is 0. The molecule has 0 saturated carbocycles. The van der Waals surface area contributed by atoms with E-state index in [1.807, 2.05) is 0 Å². The van der Waals surface area contributed by atoms with Gasteiger partial charge in [-0.05, 0) is 18.6 Å². The van der Waals surface area contributed by atoms with Crippen LogP contribution in [0.3, 0.4) is 0 Å². The first-order valence-corrected chi connectivity index (χ1v) is 11.0. The molecular formula is C16H22N4O4S2. The van der Waals surface area contributed by atoms with E-state index in [9.17, 15) is 8.42 Å². The van der Waals surface area contributed by atoms with E-state index >= 15 is 0 Å². The Morgan fingerprint density at radius 3 is 2.77 bits per heavy atom. The summed E-state index contributed by atoms with van der Waals surface area (Å²) in [5.41, 5.74) is 0. The van der Waals surface area contributed by atoms with Gasteiger partial charge in [0, 0.05) is 25.7 Å². The van der Waals surface area contributed by atoms with Gasteiger partial charge in [0.05, 0.1) is 24.0 Å². The molecule has 142 valence electrons. The first-order chi connectivity index (χ1) is 12.6. The van der Waals surface area contributed by atoms with Crippen LogP contribution in [0.5, 0.6) is 0 Å². The van der Waals surface area contributed by atoms with Crippen molar-refractivity contribution in [3.63, 3.8) is 0 Å². The van der Waals surface area contributed by atoms with Crippen molar-refractivity contribution in [1.82, 2.24) is 19.4 Å². The third-order valence-electron chi connectivity index (χ3n) is 3.92. The molecule has 0 unspecified atom stereocenters. The van der Waals surface area contributed by atoms with Crippen molar-refractivity contribution in [3.05, 3.63) is 30.0 Å². The second-order valence-corrected chi connectivity index (χ2v) is 8.78. The number of rotatable bonds is 8. The first-order valence-electron chi connectivity index (χ1n) is 8.58. The minimum atomic E-state index is -3.51. The van der Waals surface area contributed by atoms with Crippen LogP contribution in [-0.4, -0.2) is 54.2 Å². The number of nitrogens with zero attached hydrogens (tertiary/aromatic N) is 4. The summed E-state index contributed by atoms with van der Waals surface area (Å²) in [6.45, 7) is 3.70. The molecule has 1 aliphatic rings. The molecule has 0 atom stereocenters. The van der Waals surface area contributed by atoms with Gasteiger partial charge in [0.1, 0.15) is 4.90 Å². The lowest BCUT2D eigenvalue weighted by Crippen LogP contribution is -2.40.